The number of hydrogen-bond donors (Lipinski definition) is 1. The van der Waals surface area contributed by atoms with Crippen LogP contribution in [0.15, 0.2) is 36.4 Å². The molecule has 1 N–H and O–H groups in total. The van der Waals surface area contributed by atoms with Crippen LogP contribution in [-0.4, -0.2) is 23.9 Å². The van der Waals surface area contributed by atoms with E-state index in [2.05, 4.69) is 17.4 Å². The maximum Gasteiger partial charge on any atom is 0.231 e. The van der Waals surface area contributed by atoms with E-state index in [0.29, 0.717) is 30.3 Å². The third-order valence-corrected chi connectivity index (χ3v) is 8.05. The molecule has 0 bridgehead atoms. The van der Waals surface area contributed by atoms with Crippen LogP contribution in [0.2, 0.25) is 5.02 Å². The van der Waals surface area contributed by atoms with Crippen LogP contribution in [0, 0.1) is 0 Å². The molecule has 6 nitrogen and oxygen atoms in total. The molecule has 35 heavy (non-hydrogen) atoms. The second-order valence-corrected chi connectivity index (χ2v) is 10.4. The van der Waals surface area contributed by atoms with Crippen molar-refractivity contribution < 1.29 is 14.2 Å². The van der Waals surface area contributed by atoms with Crippen molar-refractivity contribution in [2.45, 2.75) is 45.2 Å². The number of nitrogens with one attached hydrogen (secondary N) is 1. The highest BCUT2D eigenvalue weighted by Gasteiger charge is 2.21. The van der Waals surface area contributed by atoms with Crippen molar-refractivity contribution in [2.75, 3.05) is 13.9 Å². The first kappa shape index (κ1) is 22.6. The highest BCUT2D eigenvalue weighted by molar-refractivity contribution is 7.18. The van der Waals surface area contributed by atoms with Gasteiger partial charge in [-0.1, -0.05) is 23.7 Å². The molecule has 1 aliphatic carbocycles. The van der Waals surface area contributed by atoms with Gasteiger partial charge in [0.15, 0.2) is 11.5 Å². The fourth-order valence-corrected chi connectivity index (χ4v) is 6.45. The van der Waals surface area contributed by atoms with Crippen LogP contribution < -0.4 is 19.5 Å². The molecule has 8 heteroatoms. The van der Waals surface area contributed by atoms with Gasteiger partial charge in [0.2, 0.25) is 6.79 Å². The predicted octanol–water partition coefficient (Wildman–Crippen LogP) is 5.84. The van der Waals surface area contributed by atoms with E-state index in [-0.39, 0.29) is 6.79 Å². The number of ether oxygens (including phenoxy) is 3. The molecule has 0 unspecified atom stereocenters. The van der Waals surface area contributed by atoms with Crippen LogP contribution in [-0.2, 0) is 32.4 Å². The summed E-state index contributed by atoms with van der Waals surface area (Å²) >= 11 is 8.25. The molecule has 6 rings (SSSR count). The summed E-state index contributed by atoms with van der Waals surface area (Å²) in [5.74, 6) is 3.09. The van der Waals surface area contributed by atoms with E-state index in [1.807, 2.05) is 35.6 Å². The van der Waals surface area contributed by atoms with Gasteiger partial charge in [-0.2, -0.15) is 0 Å². The van der Waals surface area contributed by atoms with Crippen LogP contribution in [0.1, 0.15) is 45.9 Å². The van der Waals surface area contributed by atoms with E-state index in [1.165, 1.54) is 28.7 Å². The Morgan fingerprint density at radius 2 is 1.86 bits per heavy atom. The molecular weight excluding hydrogens is 482 g/mol. The van der Waals surface area contributed by atoms with E-state index < -0.39 is 0 Å². The molecule has 2 aliphatic rings. The smallest absolute Gasteiger partial charge is 0.231 e. The van der Waals surface area contributed by atoms with Crippen molar-refractivity contribution in [1.82, 2.24) is 15.3 Å². The molecule has 180 valence electrons. The number of aryl methyl sites for hydroxylation is 2. The van der Waals surface area contributed by atoms with E-state index in [0.717, 1.165) is 51.8 Å². The molecule has 0 spiro atoms. The van der Waals surface area contributed by atoms with Gasteiger partial charge < -0.3 is 19.5 Å². The van der Waals surface area contributed by atoms with E-state index >= 15 is 0 Å². The Morgan fingerprint density at radius 3 is 2.74 bits per heavy atom. The summed E-state index contributed by atoms with van der Waals surface area (Å²) < 4.78 is 16.2. The summed E-state index contributed by atoms with van der Waals surface area (Å²) in [5, 5.41) is 5.36. The molecule has 2 aromatic heterocycles. The number of thiophene rings is 1. The molecule has 0 amide bonds. The maximum absolute atomic E-state index is 6.42. The largest absolute Gasteiger partial charge is 0.495 e. The van der Waals surface area contributed by atoms with Gasteiger partial charge in [-0.3, -0.25) is 0 Å². The second-order valence-electron chi connectivity index (χ2n) is 8.91. The lowest BCUT2D eigenvalue weighted by Crippen LogP contribution is -2.16. The quantitative estimate of drug-likeness (QED) is 0.339. The molecule has 1 aliphatic heterocycles. The number of rotatable bonds is 7. The van der Waals surface area contributed by atoms with Gasteiger partial charge in [-0.05, 0) is 66.6 Å². The first-order valence-electron chi connectivity index (χ1n) is 11.9. The molecular formula is C27H26ClN3O3S. The summed E-state index contributed by atoms with van der Waals surface area (Å²) in [6.45, 7) is 1.57. The van der Waals surface area contributed by atoms with Crippen LogP contribution in [0.25, 0.3) is 10.2 Å². The average molecular weight is 508 g/mol. The van der Waals surface area contributed by atoms with Gasteiger partial charge in [-0.15, -0.1) is 11.3 Å². The standard InChI is InChI=1S/C27H26ClN3O3S/c1-32-21-8-6-16(10-19(21)28)11-20-26-18-4-2-3-5-24(18)35-27(26)31-25(30-20)14-29-13-17-7-9-22-23(12-17)34-15-33-22/h6-10,12,29H,2-5,11,13-15H2,1H3. The Labute approximate surface area is 213 Å². The molecule has 0 radical (unpaired) electrons. The summed E-state index contributed by atoms with van der Waals surface area (Å²) in [4.78, 5) is 12.6. The minimum atomic E-state index is 0.285. The SMILES string of the molecule is COc1ccc(Cc2nc(CNCc3ccc4c(c3)OCO4)nc3sc4c(c23)CCCC4)cc1Cl. The van der Waals surface area contributed by atoms with Gasteiger partial charge >= 0.3 is 0 Å². The number of hydrogen-bond acceptors (Lipinski definition) is 7. The van der Waals surface area contributed by atoms with Gasteiger partial charge in [0, 0.05) is 23.2 Å². The fraction of sp³-hybridized carbons (Fsp3) is 0.333. The Bertz CT molecular complexity index is 1400. The Balaban J connectivity index is 1.28. The normalized spacial score (nSPS) is 14.3. The Hall–Kier alpha value is -2.87. The molecule has 4 aromatic rings. The summed E-state index contributed by atoms with van der Waals surface area (Å²) in [7, 11) is 1.63. The second kappa shape index (κ2) is 9.64. The van der Waals surface area contributed by atoms with Crippen molar-refractivity contribution in [3.8, 4) is 17.2 Å². The number of methoxy groups -OCH3 is 1. The monoisotopic (exact) mass is 507 g/mol. The molecule has 0 fully saturated rings. The van der Waals surface area contributed by atoms with Crippen molar-refractivity contribution in [3.05, 3.63) is 74.5 Å². The van der Waals surface area contributed by atoms with Gasteiger partial charge in [-0.25, -0.2) is 9.97 Å². The zero-order chi connectivity index (χ0) is 23.8. The number of fused-ring (bicyclic) bond motifs is 4. The molecule has 2 aromatic carbocycles. The van der Waals surface area contributed by atoms with Gasteiger partial charge in [0.05, 0.1) is 24.4 Å². The van der Waals surface area contributed by atoms with Crippen LogP contribution in [0.3, 0.4) is 0 Å². The maximum atomic E-state index is 6.42. The van der Waals surface area contributed by atoms with Gasteiger partial charge in [0.1, 0.15) is 16.4 Å². The minimum Gasteiger partial charge on any atom is -0.495 e. The predicted molar refractivity (Wildman–Crippen MR) is 138 cm³/mol. The van der Waals surface area contributed by atoms with Crippen LogP contribution in [0.5, 0.6) is 17.2 Å². The van der Waals surface area contributed by atoms with Crippen molar-refractivity contribution >= 4 is 33.2 Å². The van der Waals surface area contributed by atoms with Crippen LogP contribution in [0.4, 0.5) is 0 Å². The lowest BCUT2D eigenvalue weighted by Gasteiger charge is -2.13. The Morgan fingerprint density at radius 1 is 1.00 bits per heavy atom. The van der Waals surface area contributed by atoms with Crippen molar-refractivity contribution in [3.63, 3.8) is 0 Å². The number of nitrogens with zero attached hydrogens (tertiary/aromatic N) is 2. The van der Waals surface area contributed by atoms with E-state index in [1.54, 1.807) is 7.11 Å². The van der Waals surface area contributed by atoms with Gasteiger partial charge in [0.25, 0.3) is 0 Å². The Kier molecular flexibility index (Phi) is 6.22. The van der Waals surface area contributed by atoms with E-state index in [4.69, 9.17) is 35.8 Å². The minimum absolute atomic E-state index is 0.285. The number of aromatic nitrogens is 2. The molecule has 0 atom stereocenters. The average Bonchev–Trinajstić information content (AvgIpc) is 3.48. The molecule has 0 saturated heterocycles. The van der Waals surface area contributed by atoms with Crippen molar-refractivity contribution in [1.29, 1.82) is 0 Å². The van der Waals surface area contributed by atoms with E-state index in [9.17, 15) is 0 Å². The molecule has 3 heterocycles. The molecule has 0 saturated carbocycles. The topological polar surface area (TPSA) is 65.5 Å². The highest BCUT2D eigenvalue weighted by Crippen LogP contribution is 2.38. The third kappa shape index (κ3) is 4.56. The lowest BCUT2D eigenvalue weighted by atomic mass is 9.95. The first-order valence-corrected chi connectivity index (χ1v) is 13.1. The summed E-state index contributed by atoms with van der Waals surface area (Å²) in [6.07, 6.45) is 5.44. The highest BCUT2D eigenvalue weighted by atomic mass is 35.5. The van der Waals surface area contributed by atoms with Crippen molar-refractivity contribution in [2.24, 2.45) is 0 Å². The zero-order valence-corrected chi connectivity index (χ0v) is 21.1. The summed E-state index contributed by atoms with van der Waals surface area (Å²) in [6, 6.07) is 12.0. The number of halogens is 1. The lowest BCUT2D eigenvalue weighted by molar-refractivity contribution is 0.174. The summed E-state index contributed by atoms with van der Waals surface area (Å²) in [5.41, 5.74) is 4.78. The van der Waals surface area contributed by atoms with Crippen LogP contribution >= 0.6 is 22.9 Å². The first-order chi connectivity index (χ1) is 17.2. The fourth-order valence-electron chi connectivity index (χ4n) is 4.87. The zero-order valence-electron chi connectivity index (χ0n) is 19.5. The number of benzene rings is 2. The third-order valence-electron chi connectivity index (χ3n) is 6.57.